The smallest absolute Gasteiger partial charge is 0 e. The van der Waals surface area contributed by atoms with Crippen LogP contribution < -0.4 is 0 Å². The van der Waals surface area contributed by atoms with Crippen LogP contribution in [-0.4, -0.2) is 0 Å². The first-order valence-electron chi connectivity index (χ1n) is 0. The van der Waals surface area contributed by atoms with Crippen LogP contribution in [0, 0.1) is 115 Å². The Kier molecular flexibility index (Phi) is 93.0. The van der Waals surface area contributed by atoms with Crippen molar-refractivity contribution in [3.05, 3.63) is 0 Å². The quantitative estimate of drug-likeness (QED) is 0.382. The number of hydrogen-bond donors (Lipinski definition) is 0. The van der Waals surface area contributed by atoms with Crippen molar-refractivity contribution in [3.63, 3.8) is 0 Å². The summed E-state index contributed by atoms with van der Waals surface area (Å²) in [5.74, 6) is 0. The van der Waals surface area contributed by atoms with Crippen LogP contribution in [-0.2, 0) is 18.6 Å². The van der Waals surface area contributed by atoms with Gasteiger partial charge in [-0.05, 0) is 0 Å². The van der Waals surface area contributed by atoms with E-state index in [1.165, 1.54) is 0 Å². The van der Waals surface area contributed by atoms with Crippen LogP contribution in [0.25, 0.3) is 0 Å². The minimum Gasteiger partial charge on any atom is 0 e. The fourth-order valence-corrected chi connectivity index (χ4v) is 0. The third kappa shape index (κ3) is 9.64. The predicted molar refractivity (Wildman–Crippen MR) is 0 cm³/mol. The minimum atomic E-state index is 0. The molecule has 35 valence electrons. The Bertz CT molecular complexity index is 8.00. The van der Waals surface area contributed by atoms with E-state index in [0.717, 1.165) is 0 Å². The molecule has 0 aromatic carbocycles. The molecule has 0 fully saturated rings. The minimum absolute atomic E-state index is 0. The van der Waals surface area contributed by atoms with Crippen LogP contribution in [0.5, 0.6) is 0 Å². The van der Waals surface area contributed by atoms with Crippen molar-refractivity contribution >= 4 is 0 Å². The second kappa shape index (κ2) is 15.7. The van der Waals surface area contributed by atoms with Crippen molar-refractivity contribution < 1.29 is 133 Å². The monoisotopic (exact) mass is 539 g/mol. The Labute approximate surface area is 129 Å². The topological polar surface area (TPSA) is 0 Å². The van der Waals surface area contributed by atoms with Gasteiger partial charge in [0.25, 0.3) is 0 Å². The molecule has 0 aliphatic rings. The zero-order chi connectivity index (χ0) is 0. The van der Waals surface area contributed by atoms with Gasteiger partial charge in [-0.25, -0.2) is 0 Å². The van der Waals surface area contributed by atoms with Crippen LogP contribution in [0.4, 0.5) is 0 Å². The predicted octanol–water partition coefficient (Wildman–Crippen LogP) is -0.00250. The van der Waals surface area contributed by atoms with E-state index < -0.39 is 0 Å². The van der Waals surface area contributed by atoms with E-state index in [2.05, 4.69) is 0 Å². The zero-order valence-electron chi connectivity index (χ0n) is 1.40. The number of hydrogen-bond acceptors (Lipinski definition) is 0. The average molecular weight is 537 g/mol. The molecule has 0 spiro atoms. The van der Waals surface area contributed by atoms with E-state index in [0.29, 0.717) is 0 Å². The molecule has 0 aliphatic carbocycles. The molecule has 0 amide bonds. The molecule has 0 N–H and O–H groups in total. The molecule has 4 heavy (non-hydrogen) atoms. The van der Waals surface area contributed by atoms with Crippen molar-refractivity contribution in [2.75, 3.05) is 0 Å². The van der Waals surface area contributed by atoms with Gasteiger partial charge in [0.1, 0.15) is 0 Å². The Morgan fingerprint density at radius 1 is 1.00 bits per heavy atom. The summed E-state index contributed by atoms with van der Waals surface area (Å²) in [7, 11) is 0. The van der Waals surface area contributed by atoms with Crippen LogP contribution >= 0.6 is 0 Å². The molecule has 0 aliphatic heterocycles. The first-order valence-corrected chi connectivity index (χ1v) is 0. The van der Waals surface area contributed by atoms with Crippen LogP contribution in [0.1, 0.15) is 0 Å². The van der Waals surface area contributed by atoms with Gasteiger partial charge in [0.05, 0.1) is 0 Å². The largest absolute Gasteiger partial charge is 0 e. The van der Waals surface area contributed by atoms with Gasteiger partial charge >= 0.3 is 0 Å². The summed E-state index contributed by atoms with van der Waals surface area (Å²) in [6.07, 6.45) is 0. The second-order valence-corrected chi connectivity index (χ2v) is 0. The van der Waals surface area contributed by atoms with Gasteiger partial charge in [0.2, 0.25) is 0 Å². The van der Waals surface area contributed by atoms with Crippen molar-refractivity contribution in [3.8, 4) is 0 Å². The SMILES string of the molecule is [Dy].[Ho].[Tb].[V]. The van der Waals surface area contributed by atoms with E-state index in [-0.39, 0.29) is 133 Å². The fraction of sp³-hybridized carbons (Fsp3) is 0. The Hall–Kier alpha value is 4.40. The van der Waals surface area contributed by atoms with E-state index in [4.69, 9.17) is 0 Å². The van der Waals surface area contributed by atoms with Gasteiger partial charge in [0.15, 0.2) is 0 Å². The molecule has 0 heterocycles. The van der Waals surface area contributed by atoms with Gasteiger partial charge < -0.3 is 0 Å². The molecule has 0 nitrogen and oxygen atoms in total. The van der Waals surface area contributed by atoms with Crippen LogP contribution in [0.3, 0.4) is 0 Å². The maximum Gasteiger partial charge on any atom is 0 e. The maximum absolute atomic E-state index is 0. The van der Waals surface area contributed by atoms with E-state index in [1.54, 1.807) is 0 Å². The third-order valence-corrected chi connectivity index (χ3v) is 0. The van der Waals surface area contributed by atoms with E-state index in [1.807, 2.05) is 0 Å². The molecule has 0 rings (SSSR count). The molecule has 4 heteroatoms. The maximum atomic E-state index is 0. The van der Waals surface area contributed by atoms with Gasteiger partial charge in [-0.1, -0.05) is 0 Å². The molecular weight excluding hydrogens is 537 g/mol. The number of rotatable bonds is 0. The Morgan fingerprint density at radius 2 is 1.00 bits per heavy atom. The summed E-state index contributed by atoms with van der Waals surface area (Å²) in [5.41, 5.74) is 0. The van der Waals surface area contributed by atoms with Crippen LogP contribution in [0.2, 0.25) is 0 Å². The molecule has 0 atom stereocenters. The molecule has 0 aromatic rings. The standard InChI is InChI=1S/Dy.Ho.Tb.V. The summed E-state index contributed by atoms with van der Waals surface area (Å²) in [5, 5.41) is 0. The summed E-state index contributed by atoms with van der Waals surface area (Å²) >= 11 is 0. The van der Waals surface area contributed by atoms with Gasteiger partial charge in [0, 0.05) is 133 Å². The van der Waals surface area contributed by atoms with Crippen LogP contribution in [0.15, 0.2) is 0 Å². The summed E-state index contributed by atoms with van der Waals surface area (Å²) in [4.78, 5) is 0. The second-order valence-electron chi connectivity index (χ2n) is 0. The van der Waals surface area contributed by atoms with Crippen molar-refractivity contribution in [2.24, 2.45) is 0 Å². The first-order chi connectivity index (χ1) is 0. The summed E-state index contributed by atoms with van der Waals surface area (Å²) < 4.78 is 0. The molecular formula is DyHoTbV. The summed E-state index contributed by atoms with van der Waals surface area (Å²) in [6, 6.07) is 0. The van der Waals surface area contributed by atoms with Crippen molar-refractivity contribution in [2.45, 2.75) is 0 Å². The van der Waals surface area contributed by atoms with Gasteiger partial charge in [-0.2, -0.15) is 0 Å². The molecule has 3 radical (unpaired) electrons. The molecule has 0 unspecified atom stereocenters. The molecule has 0 saturated heterocycles. The fourth-order valence-electron chi connectivity index (χ4n) is 0. The van der Waals surface area contributed by atoms with Gasteiger partial charge in [-0.3, -0.25) is 0 Å². The third-order valence-electron chi connectivity index (χ3n) is 0. The van der Waals surface area contributed by atoms with Crippen molar-refractivity contribution in [1.82, 2.24) is 0 Å². The van der Waals surface area contributed by atoms with E-state index in [9.17, 15) is 0 Å². The Morgan fingerprint density at radius 3 is 1.00 bits per heavy atom. The zero-order valence-corrected chi connectivity index (χ0v) is 8.90. The summed E-state index contributed by atoms with van der Waals surface area (Å²) in [6.45, 7) is 0. The molecule has 0 saturated carbocycles. The first kappa shape index (κ1) is 23.8. The van der Waals surface area contributed by atoms with E-state index >= 15 is 0 Å². The van der Waals surface area contributed by atoms with Gasteiger partial charge in [-0.15, -0.1) is 0 Å². The molecule has 0 aromatic heterocycles. The molecule has 0 bridgehead atoms. The van der Waals surface area contributed by atoms with Crippen molar-refractivity contribution in [1.29, 1.82) is 0 Å². The average Bonchev–Trinajstić information content (AvgIpc) is 0. The Balaban J connectivity index is 0. The normalized spacial score (nSPS) is 0.